The molecule has 0 bridgehead atoms. The molecule has 0 amide bonds. The van der Waals surface area contributed by atoms with E-state index in [4.69, 9.17) is 9.84 Å². The van der Waals surface area contributed by atoms with E-state index in [0.29, 0.717) is 6.42 Å². The van der Waals surface area contributed by atoms with Crippen LogP contribution in [0, 0.1) is 5.92 Å². The van der Waals surface area contributed by atoms with Crippen LogP contribution in [0.25, 0.3) is 0 Å². The SMILES string of the molecule is CC(C)CCCCCCNCC1CCC(C(=O)O)O1. The molecule has 1 heterocycles. The van der Waals surface area contributed by atoms with E-state index in [1.165, 1.54) is 32.1 Å². The summed E-state index contributed by atoms with van der Waals surface area (Å²) in [4.78, 5) is 10.7. The Morgan fingerprint density at radius 1 is 1.26 bits per heavy atom. The average molecular weight is 271 g/mol. The third kappa shape index (κ3) is 7.53. The highest BCUT2D eigenvalue weighted by atomic mass is 16.5. The Balaban J connectivity index is 1.88. The van der Waals surface area contributed by atoms with E-state index >= 15 is 0 Å². The molecule has 0 aliphatic carbocycles. The fourth-order valence-electron chi connectivity index (χ4n) is 2.46. The van der Waals surface area contributed by atoms with Crippen LogP contribution in [0.3, 0.4) is 0 Å². The first-order valence-electron chi connectivity index (χ1n) is 7.68. The predicted molar refractivity (Wildman–Crippen MR) is 76.3 cm³/mol. The maximum Gasteiger partial charge on any atom is 0.332 e. The lowest BCUT2D eigenvalue weighted by Gasteiger charge is -2.12. The van der Waals surface area contributed by atoms with Crippen molar-refractivity contribution in [2.45, 2.75) is 71.0 Å². The predicted octanol–water partition coefficient (Wildman–Crippen LogP) is 2.81. The molecule has 2 atom stereocenters. The van der Waals surface area contributed by atoms with Crippen molar-refractivity contribution >= 4 is 5.97 Å². The average Bonchev–Trinajstić information content (AvgIpc) is 2.81. The molecule has 0 aromatic rings. The lowest BCUT2D eigenvalue weighted by atomic mass is 10.0. The Kier molecular flexibility index (Phi) is 8.07. The molecule has 1 aliphatic heterocycles. The van der Waals surface area contributed by atoms with Crippen LogP contribution in [0.15, 0.2) is 0 Å². The largest absolute Gasteiger partial charge is 0.479 e. The minimum atomic E-state index is -0.826. The third-order valence-corrected chi connectivity index (χ3v) is 3.64. The van der Waals surface area contributed by atoms with Crippen LogP contribution < -0.4 is 5.32 Å². The van der Waals surface area contributed by atoms with Gasteiger partial charge in [0.1, 0.15) is 0 Å². The number of carboxylic acid groups (broad SMARTS) is 1. The van der Waals surface area contributed by atoms with Gasteiger partial charge in [0, 0.05) is 6.54 Å². The molecule has 112 valence electrons. The summed E-state index contributed by atoms with van der Waals surface area (Å²) in [6.07, 6.45) is 7.49. The van der Waals surface area contributed by atoms with Crippen LogP contribution in [-0.4, -0.2) is 36.4 Å². The van der Waals surface area contributed by atoms with E-state index in [0.717, 1.165) is 25.4 Å². The summed E-state index contributed by atoms with van der Waals surface area (Å²) in [6.45, 7) is 6.34. The summed E-state index contributed by atoms with van der Waals surface area (Å²) < 4.78 is 5.43. The van der Waals surface area contributed by atoms with E-state index in [-0.39, 0.29) is 6.10 Å². The maximum atomic E-state index is 10.7. The van der Waals surface area contributed by atoms with Crippen molar-refractivity contribution in [3.8, 4) is 0 Å². The van der Waals surface area contributed by atoms with Crippen molar-refractivity contribution in [3.63, 3.8) is 0 Å². The Morgan fingerprint density at radius 2 is 2.00 bits per heavy atom. The van der Waals surface area contributed by atoms with Crippen molar-refractivity contribution in [3.05, 3.63) is 0 Å². The van der Waals surface area contributed by atoms with Gasteiger partial charge in [-0.25, -0.2) is 4.79 Å². The smallest absolute Gasteiger partial charge is 0.332 e. The van der Waals surface area contributed by atoms with Gasteiger partial charge in [0.15, 0.2) is 6.10 Å². The van der Waals surface area contributed by atoms with Gasteiger partial charge in [0.2, 0.25) is 0 Å². The Hall–Kier alpha value is -0.610. The fourth-order valence-corrected chi connectivity index (χ4v) is 2.46. The summed E-state index contributed by atoms with van der Waals surface area (Å²) in [5, 5.41) is 12.2. The lowest BCUT2D eigenvalue weighted by Crippen LogP contribution is -2.29. The van der Waals surface area contributed by atoms with E-state index in [1.54, 1.807) is 0 Å². The number of nitrogens with one attached hydrogen (secondary N) is 1. The number of hydrogen-bond acceptors (Lipinski definition) is 3. The number of unbranched alkanes of at least 4 members (excludes halogenated alkanes) is 3. The monoisotopic (exact) mass is 271 g/mol. The normalized spacial score (nSPS) is 23.1. The van der Waals surface area contributed by atoms with Crippen molar-refractivity contribution in [2.75, 3.05) is 13.1 Å². The molecule has 19 heavy (non-hydrogen) atoms. The van der Waals surface area contributed by atoms with E-state index in [9.17, 15) is 4.79 Å². The van der Waals surface area contributed by atoms with Crippen LogP contribution >= 0.6 is 0 Å². The van der Waals surface area contributed by atoms with E-state index in [1.807, 2.05) is 0 Å². The van der Waals surface area contributed by atoms with Gasteiger partial charge >= 0.3 is 5.97 Å². The van der Waals surface area contributed by atoms with Crippen LogP contribution in [-0.2, 0) is 9.53 Å². The number of carboxylic acids is 1. The second kappa shape index (κ2) is 9.32. The second-order valence-electron chi connectivity index (χ2n) is 5.96. The van der Waals surface area contributed by atoms with Crippen LogP contribution in [0.1, 0.15) is 58.8 Å². The van der Waals surface area contributed by atoms with Crippen molar-refractivity contribution in [1.29, 1.82) is 0 Å². The highest BCUT2D eigenvalue weighted by molar-refractivity contribution is 5.72. The molecule has 0 saturated carbocycles. The molecular formula is C15H29NO3. The van der Waals surface area contributed by atoms with Gasteiger partial charge in [-0.15, -0.1) is 0 Å². The van der Waals surface area contributed by atoms with E-state index in [2.05, 4.69) is 19.2 Å². The Morgan fingerprint density at radius 3 is 2.63 bits per heavy atom. The van der Waals surface area contributed by atoms with Gasteiger partial charge in [-0.3, -0.25) is 0 Å². The fraction of sp³-hybridized carbons (Fsp3) is 0.933. The van der Waals surface area contributed by atoms with Crippen LogP contribution in [0.5, 0.6) is 0 Å². The third-order valence-electron chi connectivity index (χ3n) is 3.64. The number of carbonyl (C=O) groups is 1. The summed E-state index contributed by atoms with van der Waals surface area (Å²) in [6, 6.07) is 0. The molecule has 1 rings (SSSR count). The highest BCUT2D eigenvalue weighted by Crippen LogP contribution is 2.19. The summed E-state index contributed by atoms with van der Waals surface area (Å²) in [7, 11) is 0. The molecule has 1 aliphatic rings. The van der Waals surface area contributed by atoms with Gasteiger partial charge in [0.25, 0.3) is 0 Å². The Labute approximate surface area is 116 Å². The molecule has 0 aromatic heterocycles. The van der Waals surface area contributed by atoms with Crippen molar-refractivity contribution in [1.82, 2.24) is 5.32 Å². The molecule has 0 radical (unpaired) electrons. The number of rotatable bonds is 10. The quantitative estimate of drug-likeness (QED) is 0.600. The zero-order valence-corrected chi connectivity index (χ0v) is 12.4. The summed E-state index contributed by atoms with van der Waals surface area (Å²) in [5.74, 6) is -0.00697. The molecule has 0 aromatic carbocycles. The van der Waals surface area contributed by atoms with Gasteiger partial charge in [-0.05, 0) is 31.7 Å². The Bertz CT molecular complexity index is 256. The molecular weight excluding hydrogens is 242 g/mol. The standard InChI is InChI=1S/C15H29NO3/c1-12(2)7-5-3-4-6-10-16-11-13-8-9-14(19-13)15(17)18/h12-14,16H,3-11H2,1-2H3,(H,17,18). The van der Waals surface area contributed by atoms with Gasteiger partial charge in [-0.2, -0.15) is 0 Å². The summed E-state index contributed by atoms with van der Waals surface area (Å²) in [5.41, 5.74) is 0. The van der Waals surface area contributed by atoms with Gasteiger partial charge in [-0.1, -0.05) is 39.5 Å². The van der Waals surface area contributed by atoms with Crippen LogP contribution in [0.4, 0.5) is 0 Å². The van der Waals surface area contributed by atoms with Crippen molar-refractivity contribution < 1.29 is 14.6 Å². The molecule has 2 unspecified atom stereocenters. The minimum absolute atomic E-state index is 0.0852. The first-order valence-corrected chi connectivity index (χ1v) is 7.68. The topological polar surface area (TPSA) is 58.6 Å². The zero-order chi connectivity index (χ0) is 14.1. The molecule has 0 spiro atoms. The number of aliphatic carboxylic acids is 1. The first-order chi connectivity index (χ1) is 9.09. The summed E-state index contributed by atoms with van der Waals surface area (Å²) >= 11 is 0. The maximum absolute atomic E-state index is 10.7. The molecule has 1 saturated heterocycles. The van der Waals surface area contributed by atoms with Gasteiger partial charge < -0.3 is 15.2 Å². The van der Waals surface area contributed by atoms with Crippen LogP contribution in [0.2, 0.25) is 0 Å². The zero-order valence-electron chi connectivity index (χ0n) is 12.4. The lowest BCUT2D eigenvalue weighted by molar-refractivity contribution is -0.149. The molecule has 4 nitrogen and oxygen atoms in total. The van der Waals surface area contributed by atoms with E-state index < -0.39 is 12.1 Å². The number of ether oxygens (including phenoxy) is 1. The number of hydrogen-bond donors (Lipinski definition) is 2. The first kappa shape index (κ1) is 16.4. The van der Waals surface area contributed by atoms with Crippen molar-refractivity contribution in [2.24, 2.45) is 5.92 Å². The molecule has 4 heteroatoms. The highest BCUT2D eigenvalue weighted by Gasteiger charge is 2.29. The minimum Gasteiger partial charge on any atom is -0.479 e. The second-order valence-corrected chi connectivity index (χ2v) is 5.96. The molecule has 2 N–H and O–H groups in total. The molecule has 1 fully saturated rings. The van der Waals surface area contributed by atoms with Gasteiger partial charge in [0.05, 0.1) is 6.10 Å².